The summed E-state index contributed by atoms with van der Waals surface area (Å²) in [6.45, 7) is 5.21. The summed E-state index contributed by atoms with van der Waals surface area (Å²) in [5, 5.41) is 6.03. The standard InChI is InChI=1S/C15H22N2O2.ClH/c1-2-16-9-10-17-15(18)13-5-7-14(8-6-13)19-11-12-3-4-12;/h5-8,12,16H,2-4,9-11H2,1H3,(H,17,18);1H. The lowest BCUT2D eigenvalue weighted by atomic mass is 10.2. The number of likely N-dealkylation sites (N-methyl/N-ethyl adjacent to an activating group) is 1. The van der Waals surface area contributed by atoms with Crippen LogP contribution in [0.3, 0.4) is 0 Å². The molecular formula is C15H23ClN2O2. The van der Waals surface area contributed by atoms with Crippen LogP contribution in [-0.2, 0) is 0 Å². The van der Waals surface area contributed by atoms with Crippen LogP contribution in [0.15, 0.2) is 24.3 Å². The molecule has 2 rings (SSSR count). The molecule has 0 spiro atoms. The summed E-state index contributed by atoms with van der Waals surface area (Å²) in [6.07, 6.45) is 2.57. The molecule has 0 aromatic heterocycles. The molecule has 1 amide bonds. The van der Waals surface area contributed by atoms with Gasteiger partial charge in [-0.25, -0.2) is 0 Å². The quantitative estimate of drug-likeness (QED) is 0.724. The Morgan fingerprint density at radius 2 is 1.95 bits per heavy atom. The van der Waals surface area contributed by atoms with Gasteiger partial charge in [0.1, 0.15) is 5.75 Å². The van der Waals surface area contributed by atoms with Crippen LogP contribution in [0.4, 0.5) is 0 Å². The van der Waals surface area contributed by atoms with Crippen LogP contribution in [0, 0.1) is 5.92 Å². The normalized spacial score (nSPS) is 13.4. The second-order valence-corrected chi connectivity index (χ2v) is 4.89. The number of hydrogen-bond acceptors (Lipinski definition) is 3. The van der Waals surface area contributed by atoms with Gasteiger partial charge in [0.25, 0.3) is 5.91 Å². The molecule has 0 radical (unpaired) electrons. The van der Waals surface area contributed by atoms with E-state index in [1.807, 2.05) is 31.2 Å². The van der Waals surface area contributed by atoms with E-state index in [1.54, 1.807) is 0 Å². The van der Waals surface area contributed by atoms with Gasteiger partial charge in [-0.05, 0) is 49.6 Å². The molecular weight excluding hydrogens is 276 g/mol. The first kappa shape index (κ1) is 16.8. The third kappa shape index (κ3) is 5.80. The Hall–Kier alpha value is -1.26. The van der Waals surface area contributed by atoms with E-state index in [0.717, 1.165) is 31.4 Å². The molecule has 1 fully saturated rings. The van der Waals surface area contributed by atoms with Crippen molar-refractivity contribution in [2.45, 2.75) is 19.8 Å². The monoisotopic (exact) mass is 298 g/mol. The van der Waals surface area contributed by atoms with Crippen molar-refractivity contribution in [3.63, 3.8) is 0 Å². The van der Waals surface area contributed by atoms with Crippen molar-refractivity contribution in [3.05, 3.63) is 29.8 Å². The highest BCUT2D eigenvalue weighted by atomic mass is 35.5. The van der Waals surface area contributed by atoms with Crippen molar-refractivity contribution in [3.8, 4) is 5.75 Å². The maximum Gasteiger partial charge on any atom is 0.251 e. The van der Waals surface area contributed by atoms with Gasteiger partial charge < -0.3 is 15.4 Å². The molecule has 1 aromatic carbocycles. The minimum Gasteiger partial charge on any atom is -0.493 e. The Kier molecular flexibility index (Phi) is 7.41. The van der Waals surface area contributed by atoms with Crippen molar-refractivity contribution in [2.75, 3.05) is 26.2 Å². The Bertz CT molecular complexity index is 405. The van der Waals surface area contributed by atoms with E-state index in [0.29, 0.717) is 12.1 Å². The van der Waals surface area contributed by atoms with Gasteiger partial charge in [-0.2, -0.15) is 0 Å². The molecule has 1 aromatic rings. The average molecular weight is 299 g/mol. The Morgan fingerprint density at radius 3 is 2.55 bits per heavy atom. The molecule has 1 aliphatic carbocycles. The lowest BCUT2D eigenvalue weighted by Crippen LogP contribution is -2.31. The van der Waals surface area contributed by atoms with Gasteiger partial charge in [-0.15, -0.1) is 12.4 Å². The van der Waals surface area contributed by atoms with Crippen LogP contribution in [0.25, 0.3) is 0 Å². The Morgan fingerprint density at radius 1 is 1.25 bits per heavy atom. The van der Waals surface area contributed by atoms with Crippen molar-refractivity contribution in [1.29, 1.82) is 0 Å². The average Bonchev–Trinajstić information content (AvgIpc) is 3.26. The molecule has 0 aliphatic heterocycles. The van der Waals surface area contributed by atoms with E-state index in [2.05, 4.69) is 10.6 Å². The lowest BCUT2D eigenvalue weighted by Gasteiger charge is -2.07. The number of ether oxygens (including phenoxy) is 1. The fourth-order valence-corrected chi connectivity index (χ4v) is 1.74. The molecule has 112 valence electrons. The van der Waals surface area contributed by atoms with E-state index in [-0.39, 0.29) is 18.3 Å². The summed E-state index contributed by atoms with van der Waals surface area (Å²) in [6, 6.07) is 7.35. The van der Waals surface area contributed by atoms with Gasteiger partial charge in [0.15, 0.2) is 0 Å². The summed E-state index contributed by atoms with van der Waals surface area (Å²) >= 11 is 0. The number of hydrogen-bond donors (Lipinski definition) is 2. The molecule has 0 atom stereocenters. The number of nitrogens with one attached hydrogen (secondary N) is 2. The van der Waals surface area contributed by atoms with Crippen LogP contribution >= 0.6 is 12.4 Å². The van der Waals surface area contributed by atoms with Crippen molar-refractivity contribution in [2.24, 2.45) is 5.92 Å². The topological polar surface area (TPSA) is 50.4 Å². The predicted octanol–water partition coefficient (Wildman–Crippen LogP) is 2.24. The molecule has 1 aliphatic rings. The van der Waals surface area contributed by atoms with Crippen LogP contribution in [0.1, 0.15) is 30.1 Å². The summed E-state index contributed by atoms with van der Waals surface area (Å²) in [7, 11) is 0. The van der Waals surface area contributed by atoms with Gasteiger partial charge in [-0.1, -0.05) is 6.92 Å². The highest BCUT2D eigenvalue weighted by Crippen LogP contribution is 2.29. The molecule has 2 N–H and O–H groups in total. The predicted molar refractivity (Wildman–Crippen MR) is 82.8 cm³/mol. The van der Waals surface area contributed by atoms with E-state index in [4.69, 9.17) is 4.74 Å². The first-order valence-electron chi connectivity index (χ1n) is 7.01. The van der Waals surface area contributed by atoms with Crippen molar-refractivity contribution in [1.82, 2.24) is 10.6 Å². The molecule has 20 heavy (non-hydrogen) atoms. The fourth-order valence-electron chi connectivity index (χ4n) is 1.74. The minimum absolute atomic E-state index is 0. The Balaban J connectivity index is 0.00000200. The van der Waals surface area contributed by atoms with E-state index in [9.17, 15) is 4.79 Å². The zero-order valence-electron chi connectivity index (χ0n) is 11.9. The first-order chi connectivity index (χ1) is 9.29. The SMILES string of the molecule is CCNCCNC(=O)c1ccc(OCC2CC2)cc1.Cl. The van der Waals surface area contributed by atoms with Crippen molar-refractivity contribution >= 4 is 18.3 Å². The number of rotatable bonds is 8. The zero-order valence-corrected chi connectivity index (χ0v) is 12.7. The summed E-state index contributed by atoms with van der Waals surface area (Å²) < 4.78 is 5.64. The largest absolute Gasteiger partial charge is 0.493 e. The second-order valence-electron chi connectivity index (χ2n) is 4.89. The number of carbonyl (C=O) groups is 1. The van der Waals surface area contributed by atoms with Crippen LogP contribution in [0.5, 0.6) is 5.75 Å². The first-order valence-corrected chi connectivity index (χ1v) is 7.01. The number of amides is 1. The van der Waals surface area contributed by atoms with Crippen LogP contribution < -0.4 is 15.4 Å². The summed E-state index contributed by atoms with van der Waals surface area (Å²) in [5.74, 6) is 1.55. The molecule has 0 unspecified atom stereocenters. The third-order valence-corrected chi connectivity index (χ3v) is 3.14. The molecule has 4 nitrogen and oxygen atoms in total. The van der Waals surface area contributed by atoms with Crippen LogP contribution in [0.2, 0.25) is 0 Å². The number of carbonyl (C=O) groups excluding carboxylic acids is 1. The highest BCUT2D eigenvalue weighted by Gasteiger charge is 2.21. The zero-order chi connectivity index (χ0) is 13.5. The number of halogens is 1. The third-order valence-electron chi connectivity index (χ3n) is 3.14. The molecule has 1 saturated carbocycles. The van der Waals surface area contributed by atoms with Gasteiger partial charge >= 0.3 is 0 Å². The molecule has 0 bridgehead atoms. The van der Waals surface area contributed by atoms with E-state index < -0.39 is 0 Å². The van der Waals surface area contributed by atoms with Crippen molar-refractivity contribution < 1.29 is 9.53 Å². The maximum absolute atomic E-state index is 11.8. The molecule has 0 saturated heterocycles. The Labute approximate surface area is 126 Å². The second kappa shape index (κ2) is 8.82. The van der Waals surface area contributed by atoms with Crippen LogP contribution in [-0.4, -0.2) is 32.1 Å². The smallest absolute Gasteiger partial charge is 0.251 e. The lowest BCUT2D eigenvalue weighted by molar-refractivity contribution is 0.0954. The van der Waals surface area contributed by atoms with Gasteiger partial charge in [0.05, 0.1) is 6.61 Å². The highest BCUT2D eigenvalue weighted by molar-refractivity contribution is 5.94. The summed E-state index contributed by atoms with van der Waals surface area (Å²) in [4.78, 5) is 11.8. The fraction of sp³-hybridized carbons (Fsp3) is 0.533. The maximum atomic E-state index is 11.8. The van der Waals surface area contributed by atoms with Gasteiger partial charge in [0.2, 0.25) is 0 Å². The summed E-state index contributed by atoms with van der Waals surface area (Å²) in [5.41, 5.74) is 0.676. The van der Waals surface area contributed by atoms with Gasteiger partial charge in [-0.3, -0.25) is 4.79 Å². The van der Waals surface area contributed by atoms with Gasteiger partial charge in [0, 0.05) is 18.7 Å². The minimum atomic E-state index is -0.0355. The molecule has 0 heterocycles. The van der Waals surface area contributed by atoms with E-state index >= 15 is 0 Å². The molecule has 5 heteroatoms. The number of benzene rings is 1. The van der Waals surface area contributed by atoms with E-state index in [1.165, 1.54) is 12.8 Å².